The standard InChI is InChI=1S/C15H27N3/c1-3-10-16-11-14-12-18(17-13(14)2)15-8-6-4-5-7-9-15/h12,15-16H,3-11H2,1-2H3. The van der Waals surface area contributed by atoms with Gasteiger partial charge >= 0.3 is 0 Å². The molecule has 1 aliphatic carbocycles. The highest BCUT2D eigenvalue weighted by Gasteiger charge is 2.16. The summed E-state index contributed by atoms with van der Waals surface area (Å²) in [7, 11) is 0. The SMILES string of the molecule is CCCNCc1cn(C2CCCCCC2)nc1C. The minimum absolute atomic E-state index is 0.645. The van der Waals surface area contributed by atoms with E-state index in [1.165, 1.54) is 56.2 Å². The first-order valence-electron chi connectivity index (χ1n) is 7.56. The molecule has 0 radical (unpaired) electrons. The molecular formula is C15H27N3. The lowest BCUT2D eigenvalue weighted by molar-refractivity contribution is 0.404. The zero-order valence-electron chi connectivity index (χ0n) is 11.9. The Hall–Kier alpha value is -0.830. The van der Waals surface area contributed by atoms with Crippen LogP contribution in [0, 0.1) is 6.92 Å². The van der Waals surface area contributed by atoms with Crippen LogP contribution in [0.25, 0.3) is 0 Å². The Morgan fingerprint density at radius 2 is 2.00 bits per heavy atom. The first-order chi connectivity index (χ1) is 8.81. The van der Waals surface area contributed by atoms with E-state index in [0.717, 1.165) is 13.1 Å². The fourth-order valence-corrected chi connectivity index (χ4v) is 2.80. The second-order valence-corrected chi connectivity index (χ2v) is 5.54. The highest BCUT2D eigenvalue weighted by Crippen LogP contribution is 2.27. The molecule has 1 aromatic heterocycles. The quantitative estimate of drug-likeness (QED) is 0.638. The summed E-state index contributed by atoms with van der Waals surface area (Å²) in [5.41, 5.74) is 2.57. The number of nitrogens with one attached hydrogen (secondary N) is 1. The van der Waals surface area contributed by atoms with E-state index in [9.17, 15) is 0 Å². The molecule has 1 fully saturated rings. The molecule has 18 heavy (non-hydrogen) atoms. The van der Waals surface area contributed by atoms with Gasteiger partial charge in [0, 0.05) is 18.3 Å². The minimum atomic E-state index is 0.645. The van der Waals surface area contributed by atoms with Gasteiger partial charge in [-0.2, -0.15) is 5.10 Å². The lowest BCUT2D eigenvalue weighted by Crippen LogP contribution is -2.14. The second kappa shape index (κ2) is 6.93. The lowest BCUT2D eigenvalue weighted by atomic mass is 10.1. The number of hydrogen-bond donors (Lipinski definition) is 1. The van der Waals surface area contributed by atoms with Crippen molar-refractivity contribution < 1.29 is 0 Å². The third kappa shape index (κ3) is 3.58. The summed E-state index contributed by atoms with van der Waals surface area (Å²) in [4.78, 5) is 0. The van der Waals surface area contributed by atoms with E-state index in [2.05, 4.69) is 30.0 Å². The molecule has 0 aromatic carbocycles. The van der Waals surface area contributed by atoms with Gasteiger partial charge in [0.25, 0.3) is 0 Å². The predicted molar refractivity (Wildman–Crippen MR) is 75.7 cm³/mol. The highest BCUT2D eigenvalue weighted by molar-refractivity contribution is 5.15. The molecule has 1 saturated carbocycles. The first-order valence-corrected chi connectivity index (χ1v) is 7.56. The van der Waals surface area contributed by atoms with Crippen molar-refractivity contribution in [2.24, 2.45) is 0 Å². The average Bonchev–Trinajstić information content (AvgIpc) is 2.59. The largest absolute Gasteiger partial charge is 0.313 e. The maximum Gasteiger partial charge on any atom is 0.0638 e. The monoisotopic (exact) mass is 249 g/mol. The van der Waals surface area contributed by atoms with Crippen molar-refractivity contribution in [3.8, 4) is 0 Å². The number of nitrogens with zero attached hydrogens (tertiary/aromatic N) is 2. The number of rotatable bonds is 5. The number of aryl methyl sites for hydroxylation is 1. The molecule has 2 rings (SSSR count). The third-order valence-corrected chi connectivity index (χ3v) is 3.96. The first kappa shape index (κ1) is 13.6. The Balaban J connectivity index is 1.97. The van der Waals surface area contributed by atoms with E-state index in [1.807, 2.05) is 0 Å². The van der Waals surface area contributed by atoms with Crippen molar-refractivity contribution >= 4 is 0 Å². The van der Waals surface area contributed by atoms with Gasteiger partial charge in [0.1, 0.15) is 0 Å². The molecular weight excluding hydrogens is 222 g/mol. The fourth-order valence-electron chi connectivity index (χ4n) is 2.80. The molecule has 0 bridgehead atoms. The van der Waals surface area contributed by atoms with E-state index in [-0.39, 0.29) is 0 Å². The molecule has 3 nitrogen and oxygen atoms in total. The average molecular weight is 249 g/mol. The molecule has 1 aromatic rings. The fraction of sp³-hybridized carbons (Fsp3) is 0.800. The Labute approximate surface area is 111 Å². The van der Waals surface area contributed by atoms with Gasteiger partial charge < -0.3 is 5.32 Å². The molecule has 1 aliphatic rings. The van der Waals surface area contributed by atoms with Gasteiger partial charge in [0.15, 0.2) is 0 Å². The normalized spacial score (nSPS) is 17.9. The molecule has 0 aliphatic heterocycles. The Morgan fingerprint density at radius 1 is 1.28 bits per heavy atom. The van der Waals surface area contributed by atoms with Crippen LogP contribution in [0.2, 0.25) is 0 Å². The van der Waals surface area contributed by atoms with Crippen LogP contribution in [-0.4, -0.2) is 16.3 Å². The molecule has 1 heterocycles. The molecule has 0 unspecified atom stereocenters. The van der Waals surface area contributed by atoms with Crippen LogP contribution in [0.3, 0.4) is 0 Å². The topological polar surface area (TPSA) is 29.9 Å². The van der Waals surface area contributed by atoms with Crippen LogP contribution in [0.5, 0.6) is 0 Å². The molecule has 1 N–H and O–H groups in total. The van der Waals surface area contributed by atoms with Crippen LogP contribution < -0.4 is 5.32 Å². The summed E-state index contributed by atoms with van der Waals surface area (Å²) in [6, 6.07) is 0.645. The smallest absolute Gasteiger partial charge is 0.0638 e. The Morgan fingerprint density at radius 3 is 2.67 bits per heavy atom. The predicted octanol–water partition coefficient (Wildman–Crippen LogP) is 3.59. The lowest BCUT2D eigenvalue weighted by Gasteiger charge is -2.14. The van der Waals surface area contributed by atoms with Gasteiger partial charge in [-0.05, 0) is 32.7 Å². The van der Waals surface area contributed by atoms with Crippen molar-refractivity contribution in [2.45, 2.75) is 71.4 Å². The Bertz CT molecular complexity index is 349. The molecule has 102 valence electrons. The van der Waals surface area contributed by atoms with E-state index in [4.69, 9.17) is 5.10 Å². The maximum absolute atomic E-state index is 4.73. The third-order valence-electron chi connectivity index (χ3n) is 3.96. The van der Waals surface area contributed by atoms with Gasteiger partial charge in [-0.25, -0.2) is 0 Å². The summed E-state index contributed by atoms with van der Waals surface area (Å²) in [5.74, 6) is 0. The van der Waals surface area contributed by atoms with Crippen molar-refractivity contribution in [3.63, 3.8) is 0 Å². The van der Waals surface area contributed by atoms with Gasteiger partial charge in [-0.3, -0.25) is 4.68 Å². The van der Waals surface area contributed by atoms with Crippen LogP contribution in [-0.2, 0) is 6.54 Å². The van der Waals surface area contributed by atoms with Crippen LogP contribution in [0.4, 0.5) is 0 Å². The van der Waals surface area contributed by atoms with Gasteiger partial charge in [0.05, 0.1) is 11.7 Å². The van der Waals surface area contributed by atoms with E-state index in [0.29, 0.717) is 6.04 Å². The Kier molecular flexibility index (Phi) is 5.24. The number of aromatic nitrogens is 2. The van der Waals surface area contributed by atoms with Crippen molar-refractivity contribution in [3.05, 3.63) is 17.5 Å². The summed E-state index contributed by atoms with van der Waals surface area (Å²) in [6.45, 7) is 6.39. The van der Waals surface area contributed by atoms with Crippen LogP contribution >= 0.6 is 0 Å². The molecule has 0 atom stereocenters. The van der Waals surface area contributed by atoms with Gasteiger partial charge in [-0.1, -0.05) is 32.6 Å². The summed E-state index contributed by atoms with van der Waals surface area (Å²) in [5, 5.41) is 8.20. The maximum atomic E-state index is 4.73. The van der Waals surface area contributed by atoms with Gasteiger partial charge in [0.2, 0.25) is 0 Å². The van der Waals surface area contributed by atoms with E-state index >= 15 is 0 Å². The molecule has 0 spiro atoms. The van der Waals surface area contributed by atoms with Crippen molar-refractivity contribution in [2.75, 3.05) is 6.54 Å². The zero-order valence-corrected chi connectivity index (χ0v) is 11.9. The van der Waals surface area contributed by atoms with E-state index in [1.54, 1.807) is 0 Å². The summed E-state index contributed by atoms with van der Waals surface area (Å²) in [6.07, 6.45) is 11.6. The number of hydrogen-bond acceptors (Lipinski definition) is 2. The van der Waals surface area contributed by atoms with Crippen LogP contribution in [0.1, 0.15) is 69.2 Å². The van der Waals surface area contributed by atoms with Crippen molar-refractivity contribution in [1.29, 1.82) is 0 Å². The summed E-state index contributed by atoms with van der Waals surface area (Å²) >= 11 is 0. The van der Waals surface area contributed by atoms with Crippen molar-refractivity contribution in [1.82, 2.24) is 15.1 Å². The summed E-state index contributed by atoms with van der Waals surface area (Å²) < 4.78 is 2.24. The van der Waals surface area contributed by atoms with E-state index < -0.39 is 0 Å². The highest BCUT2D eigenvalue weighted by atomic mass is 15.3. The molecule has 3 heteroatoms. The molecule has 0 amide bonds. The second-order valence-electron chi connectivity index (χ2n) is 5.54. The van der Waals surface area contributed by atoms with Gasteiger partial charge in [-0.15, -0.1) is 0 Å². The molecule has 0 saturated heterocycles. The minimum Gasteiger partial charge on any atom is -0.313 e. The van der Waals surface area contributed by atoms with Crippen LogP contribution in [0.15, 0.2) is 6.20 Å². The zero-order chi connectivity index (χ0) is 12.8.